The molecule has 3 rings (SSSR count). The molecule has 1 aliphatic heterocycles. The normalized spacial score (nSPS) is 12.7. The summed E-state index contributed by atoms with van der Waals surface area (Å²) in [7, 11) is 0. The van der Waals surface area contributed by atoms with Gasteiger partial charge in [0.25, 0.3) is 0 Å². The van der Waals surface area contributed by atoms with Crippen LogP contribution >= 0.6 is 0 Å². The van der Waals surface area contributed by atoms with Crippen molar-refractivity contribution in [3.05, 3.63) is 70.9 Å². The molecule has 0 radical (unpaired) electrons. The van der Waals surface area contributed by atoms with Crippen molar-refractivity contribution in [3.63, 3.8) is 0 Å². The van der Waals surface area contributed by atoms with Gasteiger partial charge in [0, 0.05) is 6.08 Å². The van der Waals surface area contributed by atoms with Crippen molar-refractivity contribution < 1.29 is 9.59 Å². The van der Waals surface area contributed by atoms with Crippen LogP contribution in [0.25, 0.3) is 6.08 Å². The molecule has 0 unspecified atom stereocenters. The zero-order valence-electron chi connectivity index (χ0n) is 11.0. The van der Waals surface area contributed by atoms with E-state index < -0.39 is 6.03 Å². The fourth-order valence-electron chi connectivity index (χ4n) is 1.97. The fourth-order valence-corrected chi connectivity index (χ4v) is 1.97. The molecule has 0 spiro atoms. The first-order valence-electron chi connectivity index (χ1n) is 6.37. The van der Waals surface area contributed by atoms with Crippen molar-refractivity contribution in [2.24, 2.45) is 9.98 Å². The summed E-state index contributed by atoms with van der Waals surface area (Å²) < 4.78 is 0. The highest BCUT2D eigenvalue weighted by Gasteiger charge is 2.09. The molecule has 1 heterocycles. The number of carbonyl (C=O) groups excluding carboxylic acids is 2. The van der Waals surface area contributed by atoms with E-state index >= 15 is 0 Å². The Labute approximate surface area is 120 Å². The molecule has 0 aromatic heterocycles. The smallest absolute Gasteiger partial charge is 0.321 e. The van der Waals surface area contributed by atoms with Gasteiger partial charge in [0.15, 0.2) is 0 Å². The lowest BCUT2D eigenvalue weighted by Crippen LogP contribution is -2.27. The number of hydrogen-bond acceptors (Lipinski definition) is 2. The summed E-state index contributed by atoms with van der Waals surface area (Å²) in [5, 5.41) is 3.58. The summed E-state index contributed by atoms with van der Waals surface area (Å²) in [4.78, 5) is 30.6. The van der Waals surface area contributed by atoms with Crippen molar-refractivity contribution in [2.75, 3.05) is 5.32 Å². The molecule has 21 heavy (non-hydrogen) atoms. The van der Waals surface area contributed by atoms with Crippen molar-refractivity contribution in [1.82, 2.24) is 0 Å². The SMILES string of the molecule is O=C1N=c2cccc(NC(=O)C=Cc3ccccc3)c2=N1. The van der Waals surface area contributed by atoms with Gasteiger partial charge < -0.3 is 5.32 Å². The molecule has 2 aromatic carbocycles. The van der Waals surface area contributed by atoms with Gasteiger partial charge in [0.2, 0.25) is 5.91 Å². The molecule has 0 aliphatic carbocycles. The molecule has 0 fully saturated rings. The topological polar surface area (TPSA) is 70.9 Å². The Morgan fingerprint density at radius 1 is 1.00 bits per heavy atom. The first-order chi connectivity index (χ1) is 10.2. The van der Waals surface area contributed by atoms with Crippen LogP contribution in [0.2, 0.25) is 0 Å². The van der Waals surface area contributed by atoms with Gasteiger partial charge in [-0.05, 0) is 23.8 Å². The second-order valence-corrected chi connectivity index (χ2v) is 4.41. The van der Waals surface area contributed by atoms with Gasteiger partial charge in [0.05, 0.1) is 11.0 Å². The first-order valence-corrected chi connectivity index (χ1v) is 6.37. The van der Waals surface area contributed by atoms with Gasteiger partial charge in [0.1, 0.15) is 5.36 Å². The van der Waals surface area contributed by atoms with Crippen molar-refractivity contribution in [1.29, 1.82) is 0 Å². The molecule has 5 heteroatoms. The molecule has 0 saturated carbocycles. The third-order valence-corrected chi connectivity index (χ3v) is 2.92. The number of amides is 3. The van der Waals surface area contributed by atoms with Crippen LogP contribution in [-0.4, -0.2) is 11.9 Å². The van der Waals surface area contributed by atoms with Gasteiger partial charge in [-0.25, -0.2) is 4.79 Å². The van der Waals surface area contributed by atoms with E-state index in [2.05, 4.69) is 15.3 Å². The molecule has 102 valence electrons. The van der Waals surface area contributed by atoms with Crippen LogP contribution in [0.3, 0.4) is 0 Å². The Balaban J connectivity index is 1.80. The number of rotatable bonds is 3. The van der Waals surface area contributed by atoms with Crippen molar-refractivity contribution in [3.8, 4) is 0 Å². The van der Waals surface area contributed by atoms with Gasteiger partial charge in [-0.3, -0.25) is 4.79 Å². The lowest BCUT2D eigenvalue weighted by atomic mass is 10.2. The molecular formula is C16H11N3O2. The number of anilines is 1. The highest BCUT2D eigenvalue weighted by Crippen LogP contribution is 2.03. The van der Waals surface area contributed by atoms with Crippen LogP contribution in [0.15, 0.2) is 64.6 Å². The summed E-state index contributed by atoms with van der Waals surface area (Å²) in [6.07, 6.45) is 3.15. The molecule has 0 bridgehead atoms. The highest BCUT2D eigenvalue weighted by atomic mass is 16.2. The van der Waals surface area contributed by atoms with Gasteiger partial charge >= 0.3 is 6.03 Å². The maximum atomic E-state index is 11.9. The molecule has 2 aromatic rings. The predicted molar refractivity (Wildman–Crippen MR) is 78.3 cm³/mol. The fraction of sp³-hybridized carbons (Fsp3) is 0. The quantitative estimate of drug-likeness (QED) is 0.868. The molecule has 3 amide bonds. The number of carbonyl (C=O) groups is 2. The second-order valence-electron chi connectivity index (χ2n) is 4.41. The zero-order valence-corrected chi connectivity index (χ0v) is 11.0. The number of fused-ring (bicyclic) bond motifs is 1. The molecule has 0 saturated heterocycles. The van der Waals surface area contributed by atoms with E-state index in [-0.39, 0.29) is 5.91 Å². The third-order valence-electron chi connectivity index (χ3n) is 2.92. The highest BCUT2D eigenvalue weighted by molar-refractivity contribution is 6.02. The summed E-state index contributed by atoms with van der Waals surface area (Å²) in [5.74, 6) is -0.290. The Morgan fingerprint density at radius 2 is 1.81 bits per heavy atom. The minimum atomic E-state index is -0.550. The van der Waals surface area contributed by atoms with E-state index in [0.717, 1.165) is 5.56 Å². The Morgan fingerprint density at radius 3 is 2.62 bits per heavy atom. The van der Waals surface area contributed by atoms with Crippen LogP contribution in [0.5, 0.6) is 0 Å². The monoisotopic (exact) mass is 277 g/mol. The van der Waals surface area contributed by atoms with Crippen LogP contribution in [-0.2, 0) is 4.79 Å². The number of nitrogens with one attached hydrogen (secondary N) is 1. The van der Waals surface area contributed by atoms with E-state index in [1.807, 2.05) is 30.3 Å². The number of urea groups is 1. The standard InChI is InChI=1S/C16H11N3O2/c20-14(10-9-11-5-2-1-3-6-11)17-12-7-4-8-13-15(12)19-16(21)18-13/h1-10H,(H,17,20). The number of benzene rings is 2. The number of hydrogen-bond donors (Lipinski definition) is 1. The molecular weight excluding hydrogens is 266 g/mol. The largest absolute Gasteiger partial charge is 0.368 e. The van der Waals surface area contributed by atoms with Crippen molar-refractivity contribution in [2.45, 2.75) is 0 Å². The molecule has 1 N–H and O–H groups in total. The Kier molecular flexibility index (Phi) is 3.39. The van der Waals surface area contributed by atoms with E-state index in [0.29, 0.717) is 16.4 Å². The minimum Gasteiger partial charge on any atom is -0.321 e. The lowest BCUT2D eigenvalue weighted by Gasteiger charge is -2.01. The van der Waals surface area contributed by atoms with Crippen LogP contribution in [0, 0.1) is 0 Å². The van der Waals surface area contributed by atoms with Gasteiger partial charge in [-0.2, -0.15) is 9.98 Å². The van der Waals surface area contributed by atoms with Gasteiger partial charge in [-0.15, -0.1) is 0 Å². The van der Waals surface area contributed by atoms with E-state index in [1.54, 1.807) is 24.3 Å². The van der Waals surface area contributed by atoms with Gasteiger partial charge in [-0.1, -0.05) is 36.4 Å². The maximum Gasteiger partial charge on any atom is 0.368 e. The molecule has 0 atom stereocenters. The summed E-state index contributed by atoms with van der Waals surface area (Å²) in [6, 6.07) is 14.0. The first kappa shape index (κ1) is 12.9. The number of nitrogens with zero attached hydrogens (tertiary/aromatic N) is 2. The van der Waals surface area contributed by atoms with E-state index in [1.165, 1.54) is 6.08 Å². The van der Waals surface area contributed by atoms with Crippen LogP contribution in [0.4, 0.5) is 10.5 Å². The molecule has 5 nitrogen and oxygen atoms in total. The Hall–Kier alpha value is -3.08. The third kappa shape index (κ3) is 2.92. The Bertz CT molecular complexity index is 855. The second kappa shape index (κ2) is 5.50. The summed E-state index contributed by atoms with van der Waals surface area (Å²) in [5.41, 5.74) is 1.41. The summed E-state index contributed by atoms with van der Waals surface area (Å²) in [6.45, 7) is 0. The summed E-state index contributed by atoms with van der Waals surface area (Å²) >= 11 is 0. The van der Waals surface area contributed by atoms with Crippen LogP contribution < -0.4 is 16.0 Å². The van der Waals surface area contributed by atoms with E-state index in [9.17, 15) is 9.59 Å². The number of para-hydroxylation sites is 1. The van der Waals surface area contributed by atoms with E-state index in [4.69, 9.17) is 0 Å². The predicted octanol–water partition coefficient (Wildman–Crippen LogP) is 1.71. The average molecular weight is 277 g/mol. The minimum absolute atomic E-state index is 0.290. The van der Waals surface area contributed by atoms with Crippen LogP contribution in [0.1, 0.15) is 5.56 Å². The van der Waals surface area contributed by atoms with Crippen molar-refractivity contribution >= 4 is 23.7 Å². The lowest BCUT2D eigenvalue weighted by molar-refractivity contribution is -0.111. The zero-order chi connectivity index (χ0) is 14.7. The average Bonchev–Trinajstić information content (AvgIpc) is 2.88. The maximum absolute atomic E-state index is 11.9. The molecule has 1 aliphatic rings.